The van der Waals surface area contributed by atoms with E-state index in [0.717, 1.165) is 27.9 Å². The van der Waals surface area contributed by atoms with E-state index in [2.05, 4.69) is 9.97 Å². The van der Waals surface area contributed by atoms with Crippen LogP contribution in [-0.4, -0.2) is 37.4 Å². The summed E-state index contributed by atoms with van der Waals surface area (Å²) in [6.07, 6.45) is -2.45. The predicted octanol–water partition coefficient (Wildman–Crippen LogP) is 3.29. The number of phenolic OH excluding ortho intramolecular Hbond substituents is 1. The Balaban J connectivity index is 0.000000260. The minimum absolute atomic E-state index is 0.0421. The van der Waals surface area contributed by atoms with Gasteiger partial charge in [-0.05, 0) is 23.6 Å². The number of nitrogens with zero attached hydrogens (tertiary/aromatic N) is 2. The quantitative estimate of drug-likeness (QED) is 0.321. The molecule has 0 amide bonds. The Morgan fingerprint density at radius 1 is 1.07 bits per heavy atom. The molecule has 27 heavy (non-hydrogen) atoms. The van der Waals surface area contributed by atoms with Crippen LogP contribution in [0.15, 0.2) is 42.6 Å². The normalized spacial score (nSPS) is 12.3. The fraction of sp³-hybridized carbons (Fsp3) is 0.0556. The molecule has 6 nitrogen and oxygen atoms in total. The third-order valence-corrected chi connectivity index (χ3v) is 3.80. The van der Waals surface area contributed by atoms with E-state index in [1.54, 1.807) is 6.20 Å². The number of alkyl halides is 3. The third kappa shape index (κ3) is 3.26. The molecule has 0 atom stereocenters. The van der Waals surface area contributed by atoms with Gasteiger partial charge in [-0.3, -0.25) is 4.98 Å². The summed E-state index contributed by atoms with van der Waals surface area (Å²) in [4.78, 5) is 17.7. The van der Waals surface area contributed by atoms with Gasteiger partial charge in [0, 0.05) is 22.2 Å². The number of carboxylic acids is 1. The number of aromatic hydroxyl groups is 1. The van der Waals surface area contributed by atoms with Crippen LogP contribution in [0.4, 0.5) is 13.2 Å². The first-order valence-corrected chi connectivity index (χ1v) is 7.47. The van der Waals surface area contributed by atoms with Crippen molar-refractivity contribution in [2.75, 3.05) is 0 Å². The monoisotopic (exact) mass is 376 g/mol. The first kappa shape index (κ1) is 18.2. The van der Waals surface area contributed by atoms with Gasteiger partial charge in [0.15, 0.2) is 0 Å². The Bertz CT molecular complexity index is 1220. The molecule has 0 spiro atoms. The summed E-state index contributed by atoms with van der Waals surface area (Å²) >= 11 is 0. The highest BCUT2D eigenvalue weighted by Gasteiger charge is 2.38. The zero-order valence-corrected chi connectivity index (χ0v) is 13.4. The number of para-hydroxylation sites is 1. The van der Waals surface area contributed by atoms with Crippen molar-refractivity contribution in [2.45, 2.75) is 6.18 Å². The van der Waals surface area contributed by atoms with Crippen LogP contribution < -0.4 is 5.22 Å². The van der Waals surface area contributed by atoms with Crippen molar-refractivity contribution < 1.29 is 33.3 Å². The van der Waals surface area contributed by atoms with Gasteiger partial charge in [-0.25, -0.2) is 9.78 Å². The van der Waals surface area contributed by atoms with Gasteiger partial charge < -0.3 is 15.3 Å². The topological polar surface area (TPSA) is 104 Å². The maximum Gasteiger partial charge on any atom is 0.490 e. The largest absolute Gasteiger partial charge is 0.515 e. The molecule has 0 saturated heterocycles. The Hall–Kier alpha value is -3.62. The van der Waals surface area contributed by atoms with Crippen molar-refractivity contribution in [1.29, 1.82) is 0 Å². The second-order valence-corrected chi connectivity index (χ2v) is 5.48. The number of hydrogen-bond donors (Lipinski definition) is 3. The molecule has 138 valence electrons. The maximum atomic E-state index is 10.6. The van der Waals surface area contributed by atoms with E-state index >= 15 is 0 Å². The van der Waals surface area contributed by atoms with Crippen LogP contribution in [0.5, 0.6) is 5.75 Å². The maximum absolute atomic E-state index is 10.6. The van der Waals surface area contributed by atoms with Crippen molar-refractivity contribution in [3.63, 3.8) is 0 Å². The van der Waals surface area contributed by atoms with E-state index in [-0.39, 0.29) is 5.75 Å². The van der Waals surface area contributed by atoms with Gasteiger partial charge in [0.05, 0.1) is 17.3 Å². The lowest BCUT2D eigenvalue weighted by atomic mass is 10.0. The van der Waals surface area contributed by atoms with Crippen molar-refractivity contribution in [2.24, 2.45) is 0 Å². The molecule has 0 unspecified atom stereocenters. The average molecular weight is 376 g/mol. The van der Waals surface area contributed by atoms with Crippen molar-refractivity contribution in [3.8, 4) is 5.75 Å². The zero-order chi connectivity index (χ0) is 19.8. The fourth-order valence-corrected chi connectivity index (χ4v) is 2.69. The molecule has 2 heterocycles. The van der Waals surface area contributed by atoms with Crippen molar-refractivity contribution in [3.05, 3.63) is 47.8 Å². The molecule has 0 fully saturated rings. The van der Waals surface area contributed by atoms with E-state index in [9.17, 15) is 23.4 Å². The number of benzene rings is 2. The Morgan fingerprint density at radius 3 is 2.37 bits per heavy atom. The number of aliphatic hydroxyl groups excluding tert-OH is 1. The number of carboxylic acid groups (broad SMARTS) is 1. The van der Waals surface area contributed by atoms with Crippen LogP contribution >= 0.6 is 0 Å². The molecule has 2 aromatic carbocycles. The van der Waals surface area contributed by atoms with E-state index in [0.29, 0.717) is 16.3 Å². The SMILES string of the molecule is O/C=c1/cc(O)c2nccc3c4ccccc4nc1c23.O=C(O)C(F)(F)F. The molecule has 3 N–H and O–H groups in total. The smallest absolute Gasteiger partial charge is 0.490 e. The second kappa shape index (κ2) is 6.60. The van der Waals surface area contributed by atoms with E-state index < -0.39 is 12.1 Å². The standard InChI is InChI=1S/C16H10N2O2.C2HF3O2/c19-8-9-7-13(20)16-14-11(5-6-17-16)10-3-1-2-4-12(10)18-15(9)14;3-2(4,5)1(6)7/h1-8,19-20H;(H,6,7)/b9-8-;. The second-order valence-electron chi connectivity index (χ2n) is 5.48. The summed E-state index contributed by atoms with van der Waals surface area (Å²) < 4.78 is 31.7. The molecule has 0 aliphatic carbocycles. The number of carbonyl (C=O) groups is 1. The lowest BCUT2D eigenvalue weighted by Gasteiger charge is -2.09. The van der Waals surface area contributed by atoms with E-state index in [1.807, 2.05) is 30.3 Å². The van der Waals surface area contributed by atoms with Gasteiger partial charge in [0.25, 0.3) is 0 Å². The number of rotatable bonds is 0. The number of aliphatic hydroxyl groups is 1. The van der Waals surface area contributed by atoms with Crippen LogP contribution in [0.3, 0.4) is 0 Å². The lowest BCUT2D eigenvalue weighted by Crippen LogP contribution is -2.21. The van der Waals surface area contributed by atoms with Gasteiger partial charge in [-0.1, -0.05) is 18.2 Å². The Morgan fingerprint density at radius 2 is 1.74 bits per heavy atom. The zero-order valence-electron chi connectivity index (χ0n) is 13.4. The van der Waals surface area contributed by atoms with Crippen molar-refractivity contribution >= 4 is 44.9 Å². The van der Waals surface area contributed by atoms with Crippen LogP contribution in [0, 0.1) is 0 Å². The number of aromatic nitrogens is 2. The van der Waals surface area contributed by atoms with Crippen LogP contribution in [-0.2, 0) is 4.79 Å². The molecule has 2 aromatic heterocycles. The first-order valence-electron chi connectivity index (χ1n) is 7.47. The molecule has 0 radical (unpaired) electrons. The summed E-state index contributed by atoms with van der Waals surface area (Å²) in [6.45, 7) is 0. The van der Waals surface area contributed by atoms with Crippen LogP contribution in [0.1, 0.15) is 0 Å². The van der Waals surface area contributed by atoms with Crippen LogP contribution in [0.25, 0.3) is 39.0 Å². The minimum atomic E-state index is -5.08. The Labute approximate surface area is 148 Å². The summed E-state index contributed by atoms with van der Waals surface area (Å²) in [5, 5.41) is 29.8. The highest BCUT2D eigenvalue weighted by molar-refractivity contribution is 6.18. The first-order chi connectivity index (χ1) is 12.7. The predicted molar refractivity (Wildman–Crippen MR) is 92.2 cm³/mol. The summed E-state index contributed by atoms with van der Waals surface area (Å²) in [5.74, 6) is -2.71. The summed E-state index contributed by atoms with van der Waals surface area (Å²) in [5.41, 5.74) is 1.99. The van der Waals surface area contributed by atoms with Gasteiger partial charge in [0.2, 0.25) is 0 Å². The third-order valence-electron chi connectivity index (χ3n) is 3.80. The number of phenols is 1. The molecule has 0 saturated carbocycles. The highest BCUT2D eigenvalue weighted by Crippen LogP contribution is 2.32. The number of aliphatic carboxylic acids is 1. The van der Waals surface area contributed by atoms with Gasteiger partial charge in [-0.2, -0.15) is 13.2 Å². The number of pyridine rings is 2. The van der Waals surface area contributed by atoms with Gasteiger partial charge >= 0.3 is 12.1 Å². The molecule has 0 aliphatic heterocycles. The number of hydrogen-bond acceptors (Lipinski definition) is 5. The molecule has 0 aliphatic rings. The molecule has 4 aromatic rings. The number of fused-ring (bicyclic) bond motifs is 2. The summed E-state index contributed by atoms with van der Waals surface area (Å²) in [7, 11) is 0. The fourth-order valence-electron chi connectivity index (χ4n) is 2.69. The van der Waals surface area contributed by atoms with Gasteiger partial charge in [-0.15, -0.1) is 0 Å². The summed E-state index contributed by atoms with van der Waals surface area (Å²) in [6, 6.07) is 11.2. The molecule has 0 bridgehead atoms. The van der Waals surface area contributed by atoms with E-state index in [4.69, 9.17) is 9.90 Å². The molecule has 9 heteroatoms. The van der Waals surface area contributed by atoms with Gasteiger partial charge in [0.1, 0.15) is 11.3 Å². The Kier molecular flexibility index (Phi) is 4.44. The minimum Gasteiger partial charge on any atom is -0.515 e. The number of halogens is 3. The highest BCUT2D eigenvalue weighted by atomic mass is 19.4. The molecular weight excluding hydrogens is 365 g/mol. The molecule has 4 rings (SSSR count). The average Bonchev–Trinajstić information content (AvgIpc) is 2.64. The van der Waals surface area contributed by atoms with Crippen molar-refractivity contribution in [1.82, 2.24) is 9.97 Å². The van der Waals surface area contributed by atoms with E-state index in [1.165, 1.54) is 6.07 Å². The van der Waals surface area contributed by atoms with Crippen LogP contribution in [0.2, 0.25) is 0 Å². The molecular formula is C18H11F3N2O4. The lowest BCUT2D eigenvalue weighted by molar-refractivity contribution is -0.192.